The molecule has 0 spiro atoms. The zero-order valence-electron chi connectivity index (χ0n) is 8.96. The molecular weight excluding hydrogens is 168 g/mol. The topological polar surface area (TPSA) is 0 Å². The molecule has 0 heteroatoms. The second-order valence-electron chi connectivity index (χ2n) is 4.69. The summed E-state index contributed by atoms with van der Waals surface area (Å²) in [6.45, 7) is 6.73. The van der Waals surface area contributed by atoms with Crippen LogP contribution in [0.2, 0.25) is 0 Å². The first kappa shape index (κ1) is 9.26. The molecule has 0 bridgehead atoms. The number of hydrogen-bond donors (Lipinski definition) is 0. The molecule has 0 aliphatic heterocycles. The quantitative estimate of drug-likeness (QED) is 0.580. The zero-order valence-corrected chi connectivity index (χ0v) is 8.96. The normalized spacial score (nSPS) is 11.9. The van der Waals surface area contributed by atoms with Crippen LogP contribution in [0.1, 0.15) is 26.3 Å². The Morgan fingerprint density at radius 3 is 2.43 bits per heavy atom. The molecule has 2 aromatic rings. The van der Waals surface area contributed by atoms with Crippen molar-refractivity contribution in [1.82, 2.24) is 0 Å². The van der Waals surface area contributed by atoms with Crippen molar-refractivity contribution in [2.24, 2.45) is 0 Å². The molecular formula is C14H15. The Labute approximate surface area is 85.6 Å². The lowest BCUT2D eigenvalue weighted by Gasteiger charge is -2.21. The van der Waals surface area contributed by atoms with E-state index in [0.29, 0.717) is 0 Å². The van der Waals surface area contributed by atoms with Gasteiger partial charge in [0.25, 0.3) is 0 Å². The smallest absolute Gasteiger partial charge is 0.00990 e. The molecule has 0 saturated carbocycles. The summed E-state index contributed by atoms with van der Waals surface area (Å²) in [6.07, 6.45) is 0. The second kappa shape index (κ2) is 3.13. The van der Waals surface area contributed by atoms with Gasteiger partial charge in [-0.05, 0) is 27.8 Å². The van der Waals surface area contributed by atoms with E-state index in [1.807, 2.05) is 6.07 Å². The molecule has 2 aromatic carbocycles. The van der Waals surface area contributed by atoms with Crippen molar-refractivity contribution in [3.05, 3.63) is 48.0 Å². The van der Waals surface area contributed by atoms with Crippen molar-refractivity contribution in [3.63, 3.8) is 0 Å². The molecule has 2 rings (SSSR count). The first-order valence-corrected chi connectivity index (χ1v) is 4.99. The fraction of sp³-hybridized carbons (Fsp3) is 0.286. The minimum absolute atomic E-state index is 0.203. The maximum atomic E-state index is 3.26. The summed E-state index contributed by atoms with van der Waals surface area (Å²) in [4.78, 5) is 0. The summed E-state index contributed by atoms with van der Waals surface area (Å²) in [5, 5.41) is 2.53. The average Bonchev–Trinajstić information content (AvgIpc) is 2.15. The molecule has 0 unspecified atom stereocenters. The summed E-state index contributed by atoms with van der Waals surface area (Å²) < 4.78 is 0. The lowest BCUT2D eigenvalue weighted by Crippen LogP contribution is -2.11. The van der Waals surface area contributed by atoms with Crippen molar-refractivity contribution < 1.29 is 0 Å². The average molecular weight is 183 g/mol. The molecule has 0 amide bonds. The van der Waals surface area contributed by atoms with Gasteiger partial charge in [0.15, 0.2) is 0 Å². The van der Waals surface area contributed by atoms with Crippen LogP contribution in [0.3, 0.4) is 0 Å². The van der Waals surface area contributed by atoms with Crippen LogP contribution < -0.4 is 0 Å². The summed E-state index contributed by atoms with van der Waals surface area (Å²) in [7, 11) is 0. The molecule has 0 aromatic heterocycles. The number of fused-ring (bicyclic) bond motifs is 1. The molecule has 0 aliphatic carbocycles. The Morgan fingerprint density at radius 2 is 1.71 bits per heavy atom. The van der Waals surface area contributed by atoms with Gasteiger partial charge in [-0.2, -0.15) is 0 Å². The highest BCUT2D eigenvalue weighted by Gasteiger charge is 2.15. The molecule has 0 heterocycles. The minimum atomic E-state index is 0.203. The van der Waals surface area contributed by atoms with Crippen LogP contribution in [-0.4, -0.2) is 0 Å². The van der Waals surface area contributed by atoms with Crippen LogP contribution in [0.4, 0.5) is 0 Å². The van der Waals surface area contributed by atoms with Gasteiger partial charge in [0.2, 0.25) is 0 Å². The van der Waals surface area contributed by atoms with E-state index in [-0.39, 0.29) is 5.41 Å². The van der Waals surface area contributed by atoms with E-state index in [9.17, 15) is 0 Å². The van der Waals surface area contributed by atoms with Gasteiger partial charge in [0.1, 0.15) is 0 Å². The minimum Gasteiger partial charge on any atom is -0.0616 e. The van der Waals surface area contributed by atoms with Gasteiger partial charge in [-0.15, -0.1) is 0 Å². The Morgan fingerprint density at radius 1 is 1.00 bits per heavy atom. The molecule has 14 heavy (non-hydrogen) atoms. The third-order valence-electron chi connectivity index (χ3n) is 2.51. The van der Waals surface area contributed by atoms with Crippen LogP contribution >= 0.6 is 0 Å². The van der Waals surface area contributed by atoms with Crippen LogP contribution in [0.15, 0.2) is 36.4 Å². The van der Waals surface area contributed by atoms with Gasteiger partial charge in [-0.25, -0.2) is 0 Å². The van der Waals surface area contributed by atoms with Crippen molar-refractivity contribution in [3.8, 4) is 0 Å². The molecule has 0 fully saturated rings. The van der Waals surface area contributed by atoms with Gasteiger partial charge in [0.05, 0.1) is 0 Å². The number of rotatable bonds is 0. The van der Waals surface area contributed by atoms with Gasteiger partial charge in [-0.3, -0.25) is 0 Å². The lowest BCUT2D eigenvalue weighted by atomic mass is 9.84. The SMILES string of the molecule is CC(C)(C)c1cc[c]c2ccccc12. The van der Waals surface area contributed by atoms with Crippen molar-refractivity contribution >= 4 is 10.8 Å². The maximum absolute atomic E-state index is 3.26. The van der Waals surface area contributed by atoms with E-state index >= 15 is 0 Å². The van der Waals surface area contributed by atoms with Crippen LogP contribution in [0, 0.1) is 6.07 Å². The largest absolute Gasteiger partial charge is 0.0616 e. The molecule has 0 atom stereocenters. The standard InChI is InChI=1S/C14H15/c1-14(2,3)13-10-6-8-11-7-4-5-9-12(11)13/h4-7,9-10H,1-3H3. The summed E-state index contributed by atoms with van der Waals surface area (Å²) in [6, 6.07) is 15.9. The van der Waals surface area contributed by atoms with E-state index in [2.05, 4.69) is 57.2 Å². The van der Waals surface area contributed by atoms with Crippen molar-refractivity contribution in [2.75, 3.05) is 0 Å². The van der Waals surface area contributed by atoms with E-state index < -0.39 is 0 Å². The van der Waals surface area contributed by atoms with E-state index in [1.54, 1.807) is 0 Å². The first-order valence-electron chi connectivity index (χ1n) is 4.99. The maximum Gasteiger partial charge on any atom is -0.00990 e. The Balaban J connectivity index is 2.78. The highest BCUT2D eigenvalue weighted by atomic mass is 14.2. The van der Waals surface area contributed by atoms with Gasteiger partial charge < -0.3 is 0 Å². The van der Waals surface area contributed by atoms with E-state index in [4.69, 9.17) is 0 Å². The molecule has 71 valence electrons. The monoisotopic (exact) mass is 183 g/mol. The van der Waals surface area contributed by atoms with E-state index in [1.165, 1.54) is 16.3 Å². The third-order valence-corrected chi connectivity index (χ3v) is 2.51. The molecule has 0 nitrogen and oxygen atoms in total. The van der Waals surface area contributed by atoms with Crippen LogP contribution in [0.25, 0.3) is 10.8 Å². The van der Waals surface area contributed by atoms with Gasteiger partial charge >= 0.3 is 0 Å². The van der Waals surface area contributed by atoms with Crippen LogP contribution in [-0.2, 0) is 5.41 Å². The lowest BCUT2D eigenvalue weighted by molar-refractivity contribution is 0.596. The predicted molar refractivity (Wildman–Crippen MR) is 61.5 cm³/mol. The number of benzene rings is 2. The Bertz CT molecular complexity index is 442. The molecule has 0 aliphatic rings. The van der Waals surface area contributed by atoms with E-state index in [0.717, 1.165) is 0 Å². The van der Waals surface area contributed by atoms with Gasteiger partial charge in [-0.1, -0.05) is 57.2 Å². The molecule has 0 N–H and O–H groups in total. The fourth-order valence-corrected chi connectivity index (χ4v) is 1.80. The fourth-order valence-electron chi connectivity index (χ4n) is 1.80. The summed E-state index contributed by atoms with van der Waals surface area (Å²) in [5.41, 5.74) is 1.60. The van der Waals surface area contributed by atoms with Crippen LogP contribution in [0.5, 0.6) is 0 Å². The second-order valence-corrected chi connectivity index (χ2v) is 4.69. The first-order chi connectivity index (χ1) is 6.59. The Hall–Kier alpha value is -1.30. The molecule has 0 saturated heterocycles. The molecule has 1 radical (unpaired) electrons. The predicted octanol–water partition coefficient (Wildman–Crippen LogP) is 3.94. The zero-order chi connectivity index (χ0) is 10.2. The van der Waals surface area contributed by atoms with Gasteiger partial charge in [0, 0.05) is 0 Å². The van der Waals surface area contributed by atoms with Crippen molar-refractivity contribution in [2.45, 2.75) is 26.2 Å². The Kier molecular flexibility index (Phi) is 2.07. The third kappa shape index (κ3) is 1.52. The van der Waals surface area contributed by atoms with Crippen molar-refractivity contribution in [1.29, 1.82) is 0 Å². The highest BCUT2D eigenvalue weighted by molar-refractivity contribution is 5.85. The summed E-state index contributed by atoms with van der Waals surface area (Å²) in [5.74, 6) is 0. The summed E-state index contributed by atoms with van der Waals surface area (Å²) >= 11 is 0. The number of hydrogen-bond acceptors (Lipinski definition) is 0. The highest BCUT2D eigenvalue weighted by Crippen LogP contribution is 2.29.